The first-order chi connectivity index (χ1) is 7.31. The smallest absolute Gasteiger partial charge is 0.236 e. The Morgan fingerprint density at radius 1 is 1.13 bits per heavy atom. The van der Waals surface area contributed by atoms with Gasteiger partial charge in [-0.15, -0.1) is 0 Å². The molecular formula is C10H17NO4. The normalized spacial score (nSPS) is 45.4. The van der Waals surface area contributed by atoms with Crippen LogP contribution in [0.25, 0.3) is 0 Å². The van der Waals surface area contributed by atoms with Crippen molar-refractivity contribution < 1.29 is 18.9 Å². The molecule has 86 valence electrons. The molecule has 3 aliphatic rings. The molecule has 3 rings (SSSR count). The molecule has 3 saturated heterocycles. The van der Waals surface area contributed by atoms with Crippen molar-refractivity contribution in [1.82, 2.24) is 4.90 Å². The van der Waals surface area contributed by atoms with Crippen LogP contribution in [0.5, 0.6) is 0 Å². The van der Waals surface area contributed by atoms with Crippen LogP contribution in [0.1, 0.15) is 19.8 Å². The fourth-order valence-corrected chi connectivity index (χ4v) is 2.48. The van der Waals surface area contributed by atoms with Gasteiger partial charge in [0.2, 0.25) is 11.8 Å². The van der Waals surface area contributed by atoms with Gasteiger partial charge in [0.25, 0.3) is 0 Å². The number of hydrogen-bond donors (Lipinski definition) is 0. The predicted molar refractivity (Wildman–Crippen MR) is 50.9 cm³/mol. The third-order valence-electron chi connectivity index (χ3n) is 3.33. The maximum atomic E-state index is 5.72. The second kappa shape index (κ2) is 3.40. The number of hydrogen-bond acceptors (Lipinski definition) is 5. The first kappa shape index (κ1) is 9.99. The van der Waals surface area contributed by atoms with E-state index in [9.17, 15) is 0 Å². The Morgan fingerprint density at radius 3 is 2.27 bits per heavy atom. The van der Waals surface area contributed by atoms with Gasteiger partial charge in [-0.2, -0.15) is 4.90 Å². The topological polar surface area (TPSA) is 40.2 Å². The Bertz CT molecular complexity index is 250. The molecule has 0 bridgehead atoms. The molecule has 0 aromatic carbocycles. The van der Waals surface area contributed by atoms with Gasteiger partial charge in [-0.3, -0.25) is 0 Å². The highest BCUT2D eigenvalue weighted by Gasteiger charge is 2.61. The molecule has 2 atom stereocenters. The fraction of sp³-hybridized carbons (Fsp3) is 1.00. The van der Waals surface area contributed by atoms with Crippen LogP contribution in [0.4, 0.5) is 0 Å². The quantitative estimate of drug-likeness (QED) is 0.685. The van der Waals surface area contributed by atoms with Crippen molar-refractivity contribution in [2.75, 3.05) is 33.0 Å². The average molecular weight is 215 g/mol. The van der Waals surface area contributed by atoms with Crippen molar-refractivity contribution >= 4 is 0 Å². The van der Waals surface area contributed by atoms with Crippen molar-refractivity contribution in [2.24, 2.45) is 0 Å². The van der Waals surface area contributed by atoms with Gasteiger partial charge < -0.3 is 18.9 Å². The number of nitrogens with zero attached hydrogens (tertiary/aromatic N) is 1. The molecule has 0 saturated carbocycles. The zero-order valence-corrected chi connectivity index (χ0v) is 9.03. The van der Waals surface area contributed by atoms with Gasteiger partial charge in [0, 0.05) is 26.0 Å². The van der Waals surface area contributed by atoms with Crippen LogP contribution in [0.15, 0.2) is 0 Å². The zero-order valence-electron chi connectivity index (χ0n) is 9.03. The Hall–Kier alpha value is -0.200. The van der Waals surface area contributed by atoms with E-state index in [2.05, 4.69) is 4.90 Å². The molecule has 0 aromatic heterocycles. The largest absolute Gasteiger partial charge is 0.337 e. The summed E-state index contributed by atoms with van der Waals surface area (Å²) in [6.07, 6.45) is 1.81. The highest BCUT2D eigenvalue weighted by Crippen LogP contribution is 2.45. The summed E-state index contributed by atoms with van der Waals surface area (Å²) in [4.78, 5) is 2.09. The maximum Gasteiger partial charge on any atom is 0.236 e. The molecule has 15 heavy (non-hydrogen) atoms. The minimum atomic E-state index is -0.578. The van der Waals surface area contributed by atoms with E-state index in [1.54, 1.807) is 0 Å². The Morgan fingerprint density at radius 2 is 1.80 bits per heavy atom. The summed E-state index contributed by atoms with van der Waals surface area (Å²) in [6, 6.07) is 0. The van der Waals surface area contributed by atoms with Crippen LogP contribution in [-0.2, 0) is 18.9 Å². The zero-order chi connectivity index (χ0) is 10.4. The van der Waals surface area contributed by atoms with Crippen molar-refractivity contribution in [1.29, 1.82) is 0 Å². The summed E-state index contributed by atoms with van der Waals surface area (Å²) in [7, 11) is 0. The summed E-state index contributed by atoms with van der Waals surface area (Å²) in [5.41, 5.74) is 0. The maximum absolute atomic E-state index is 5.72. The van der Waals surface area contributed by atoms with Crippen LogP contribution in [0, 0.1) is 0 Å². The van der Waals surface area contributed by atoms with Crippen LogP contribution >= 0.6 is 0 Å². The second-order valence-corrected chi connectivity index (χ2v) is 4.06. The van der Waals surface area contributed by atoms with Crippen LogP contribution in [-0.4, -0.2) is 49.7 Å². The van der Waals surface area contributed by atoms with Crippen molar-refractivity contribution in [3.8, 4) is 0 Å². The fourth-order valence-electron chi connectivity index (χ4n) is 2.48. The molecule has 2 unspecified atom stereocenters. The number of rotatable bonds is 3. The Balaban J connectivity index is 1.79. The van der Waals surface area contributed by atoms with E-state index in [-0.39, 0.29) is 0 Å². The summed E-state index contributed by atoms with van der Waals surface area (Å²) in [5.74, 6) is -1.12. The summed E-state index contributed by atoms with van der Waals surface area (Å²) < 4.78 is 22.6. The summed E-state index contributed by atoms with van der Waals surface area (Å²) >= 11 is 0. The van der Waals surface area contributed by atoms with Crippen LogP contribution < -0.4 is 0 Å². The minimum Gasteiger partial charge on any atom is -0.337 e. The average Bonchev–Trinajstić information content (AvgIpc) is 2.54. The number of ether oxygens (including phenoxy) is 4. The molecule has 0 amide bonds. The van der Waals surface area contributed by atoms with Crippen molar-refractivity contribution in [3.05, 3.63) is 0 Å². The molecule has 5 heteroatoms. The predicted octanol–water partition coefficient (Wildman–Crippen LogP) is 0.503. The van der Waals surface area contributed by atoms with E-state index >= 15 is 0 Å². The lowest BCUT2D eigenvalue weighted by atomic mass is 10.1. The third kappa shape index (κ3) is 1.28. The summed E-state index contributed by atoms with van der Waals surface area (Å²) in [6.45, 7) is 5.66. The molecule has 0 aromatic rings. The van der Waals surface area contributed by atoms with Gasteiger partial charge in [0.05, 0.1) is 19.8 Å². The molecule has 3 aliphatic heterocycles. The lowest BCUT2D eigenvalue weighted by Crippen LogP contribution is -2.69. The van der Waals surface area contributed by atoms with Crippen molar-refractivity contribution in [2.45, 2.75) is 31.6 Å². The lowest BCUT2D eigenvalue weighted by Gasteiger charge is -2.54. The van der Waals surface area contributed by atoms with Gasteiger partial charge in [-0.05, 0) is 6.92 Å². The highest BCUT2D eigenvalue weighted by molar-refractivity contribution is 4.92. The molecule has 0 radical (unpaired) electrons. The monoisotopic (exact) mass is 215 g/mol. The molecule has 0 N–H and O–H groups in total. The molecule has 0 aliphatic carbocycles. The van der Waals surface area contributed by atoms with E-state index in [0.29, 0.717) is 13.2 Å². The Kier molecular flexibility index (Phi) is 2.26. The molecule has 3 heterocycles. The highest BCUT2D eigenvalue weighted by atomic mass is 16.8. The first-order valence-electron chi connectivity index (χ1n) is 5.65. The molecule has 5 nitrogen and oxygen atoms in total. The van der Waals surface area contributed by atoms with E-state index in [1.165, 1.54) is 0 Å². The minimum absolute atomic E-state index is 0.546. The van der Waals surface area contributed by atoms with Gasteiger partial charge in [-0.1, -0.05) is 0 Å². The van der Waals surface area contributed by atoms with Crippen molar-refractivity contribution in [3.63, 3.8) is 0 Å². The van der Waals surface area contributed by atoms with Crippen LogP contribution in [0.2, 0.25) is 0 Å². The van der Waals surface area contributed by atoms with E-state index in [4.69, 9.17) is 18.9 Å². The van der Waals surface area contributed by atoms with Gasteiger partial charge in [-0.25, -0.2) is 0 Å². The molecule has 3 fully saturated rings. The summed E-state index contributed by atoms with van der Waals surface area (Å²) in [5, 5.41) is 0. The Labute approximate surface area is 89.2 Å². The standard InChI is InChI=1S/C10H17NO4/c1-2-12-9(3-6-13-9)11-5-8-15-10(11)4-7-14-10/h2-8H2,1H3. The SMILES string of the molecule is CCOC1(N2CCOC23CCO3)CCO1. The van der Waals surface area contributed by atoms with E-state index in [1.807, 2.05) is 6.92 Å². The van der Waals surface area contributed by atoms with Crippen LogP contribution in [0.3, 0.4) is 0 Å². The van der Waals surface area contributed by atoms with Gasteiger partial charge in [0.1, 0.15) is 0 Å². The van der Waals surface area contributed by atoms with Gasteiger partial charge >= 0.3 is 0 Å². The van der Waals surface area contributed by atoms with Gasteiger partial charge in [0.15, 0.2) is 0 Å². The van der Waals surface area contributed by atoms with E-state index in [0.717, 1.165) is 32.6 Å². The third-order valence-corrected chi connectivity index (χ3v) is 3.33. The first-order valence-corrected chi connectivity index (χ1v) is 5.65. The molecule has 1 spiro atoms. The lowest BCUT2D eigenvalue weighted by molar-refractivity contribution is -0.459. The second-order valence-electron chi connectivity index (χ2n) is 4.06. The molecular weight excluding hydrogens is 198 g/mol. The van der Waals surface area contributed by atoms with E-state index < -0.39 is 11.8 Å².